The van der Waals surface area contributed by atoms with Crippen LogP contribution in [0.1, 0.15) is 28.5 Å². The third-order valence-corrected chi connectivity index (χ3v) is 4.07. The van der Waals surface area contributed by atoms with E-state index in [0.29, 0.717) is 17.9 Å². The number of carbonyl (C=O) groups is 1. The lowest BCUT2D eigenvalue weighted by molar-refractivity contribution is -0.113. The fraction of sp³-hybridized carbons (Fsp3) is 0.250. The highest BCUT2D eigenvalue weighted by atomic mass is 35.5. The van der Waals surface area contributed by atoms with Crippen LogP contribution in [0.4, 0.5) is 0 Å². The van der Waals surface area contributed by atoms with Crippen LogP contribution in [0.25, 0.3) is 10.9 Å². The van der Waals surface area contributed by atoms with E-state index in [2.05, 4.69) is 10.1 Å². The SMILES string of the molecule is Cc1noc(C)c1C(Cc1c[nH]c2ccccc12)C(=O)Cl. The molecule has 0 fully saturated rings. The average molecular weight is 303 g/mol. The predicted octanol–water partition coefficient (Wildman–Crippen LogP) is 3.86. The van der Waals surface area contributed by atoms with Crippen molar-refractivity contribution in [2.45, 2.75) is 26.2 Å². The van der Waals surface area contributed by atoms with Crippen molar-refractivity contribution in [1.82, 2.24) is 10.1 Å². The van der Waals surface area contributed by atoms with Crippen molar-refractivity contribution in [1.29, 1.82) is 0 Å². The molecule has 3 rings (SSSR count). The zero-order chi connectivity index (χ0) is 15.0. The first-order chi connectivity index (χ1) is 10.1. The van der Waals surface area contributed by atoms with Crippen LogP contribution in [0.3, 0.4) is 0 Å². The van der Waals surface area contributed by atoms with E-state index in [-0.39, 0.29) is 0 Å². The summed E-state index contributed by atoms with van der Waals surface area (Å²) >= 11 is 5.83. The standard InChI is InChI=1S/C16H15ClN2O2/c1-9-15(10(2)21-19-9)13(16(17)20)7-11-8-18-14-6-4-3-5-12(11)14/h3-6,8,13,18H,7H2,1-2H3. The number of H-pyrrole nitrogens is 1. The molecule has 3 aromatic rings. The van der Waals surface area contributed by atoms with Crippen LogP contribution in [0.2, 0.25) is 0 Å². The molecule has 0 radical (unpaired) electrons. The summed E-state index contributed by atoms with van der Waals surface area (Å²) in [4.78, 5) is 15.1. The van der Waals surface area contributed by atoms with Gasteiger partial charge in [-0.05, 0) is 43.5 Å². The molecule has 0 spiro atoms. The number of benzene rings is 1. The Labute approximate surface area is 127 Å². The number of nitrogens with zero attached hydrogens (tertiary/aromatic N) is 1. The van der Waals surface area contributed by atoms with E-state index >= 15 is 0 Å². The molecule has 21 heavy (non-hydrogen) atoms. The maximum atomic E-state index is 11.9. The van der Waals surface area contributed by atoms with Crippen LogP contribution in [0, 0.1) is 13.8 Å². The van der Waals surface area contributed by atoms with Crippen LogP contribution in [-0.2, 0) is 11.2 Å². The van der Waals surface area contributed by atoms with Gasteiger partial charge in [-0.2, -0.15) is 0 Å². The number of hydrogen-bond acceptors (Lipinski definition) is 3. The van der Waals surface area contributed by atoms with Crippen molar-refractivity contribution >= 4 is 27.7 Å². The maximum Gasteiger partial charge on any atom is 0.229 e. The number of carbonyl (C=O) groups excluding carboxylic acids is 1. The van der Waals surface area contributed by atoms with Gasteiger partial charge < -0.3 is 9.51 Å². The van der Waals surface area contributed by atoms with Gasteiger partial charge in [0.1, 0.15) is 5.76 Å². The molecule has 0 aliphatic heterocycles. The van der Waals surface area contributed by atoms with Crippen LogP contribution in [-0.4, -0.2) is 15.4 Å². The lowest BCUT2D eigenvalue weighted by Gasteiger charge is -2.11. The number of fused-ring (bicyclic) bond motifs is 1. The normalized spacial score (nSPS) is 12.7. The number of halogens is 1. The predicted molar refractivity (Wildman–Crippen MR) is 81.6 cm³/mol. The Morgan fingerprint density at radius 2 is 2.14 bits per heavy atom. The number of para-hydroxylation sites is 1. The second-order valence-electron chi connectivity index (χ2n) is 5.16. The van der Waals surface area contributed by atoms with Gasteiger partial charge in [0.05, 0.1) is 11.6 Å². The third-order valence-electron chi connectivity index (χ3n) is 3.81. The number of rotatable bonds is 4. The first-order valence-electron chi connectivity index (χ1n) is 6.75. The zero-order valence-electron chi connectivity index (χ0n) is 11.8. The quantitative estimate of drug-likeness (QED) is 0.744. The number of aryl methyl sites for hydroxylation is 2. The van der Waals surface area contributed by atoms with Crippen molar-refractivity contribution in [3.8, 4) is 0 Å². The number of nitrogens with one attached hydrogen (secondary N) is 1. The van der Waals surface area contributed by atoms with E-state index in [1.807, 2.05) is 37.4 Å². The molecule has 2 heterocycles. The molecule has 0 amide bonds. The minimum absolute atomic E-state index is 0.394. The minimum atomic E-state index is -0.447. The Morgan fingerprint density at radius 1 is 1.38 bits per heavy atom. The number of aromatic nitrogens is 2. The van der Waals surface area contributed by atoms with E-state index in [1.165, 1.54) is 0 Å². The molecule has 0 aliphatic rings. The summed E-state index contributed by atoms with van der Waals surface area (Å²) in [6, 6.07) is 7.99. The topological polar surface area (TPSA) is 58.9 Å². The molecule has 108 valence electrons. The fourth-order valence-electron chi connectivity index (χ4n) is 2.80. The minimum Gasteiger partial charge on any atom is -0.361 e. The van der Waals surface area contributed by atoms with Crippen molar-refractivity contribution < 1.29 is 9.32 Å². The zero-order valence-corrected chi connectivity index (χ0v) is 12.6. The Hall–Kier alpha value is -2.07. The highest BCUT2D eigenvalue weighted by Crippen LogP contribution is 2.31. The molecule has 5 heteroatoms. The molecular formula is C16H15ClN2O2. The largest absolute Gasteiger partial charge is 0.361 e. The van der Waals surface area contributed by atoms with E-state index in [4.69, 9.17) is 16.1 Å². The third kappa shape index (κ3) is 2.47. The first-order valence-corrected chi connectivity index (χ1v) is 7.13. The molecule has 2 aromatic heterocycles. The molecule has 0 aliphatic carbocycles. The summed E-state index contributed by atoms with van der Waals surface area (Å²) in [6.45, 7) is 3.63. The van der Waals surface area contributed by atoms with Gasteiger partial charge in [-0.3, -0.25) is 4.79 Å². The summed E-state index contributed by atoms with van der Waals surface area (Å²) in [5.74, 6) is 0.198. The van der Waals surface area contributed by atoms with Crippen LogP contribution in [0.15, 0.2) is 35.0 Å². The Morgan fingerprint density at radius 3 is 2.81 bits per heavy atom. The van der Waals surface area contributed by atoms with Crippen molar-refractivity contribution in [2.24, 2.45) is 0 Å². The second kappa shape index (κ2) is 5.37. The van der Waals surface area contributed by atoms with Gasteiger partial charge >= 0.3 is 0 Å². The van der Waals surface area contributed by atoms with Gasteiger partial charge in [0.2, 0.25) is 5.24 Å². The van der Waals surface area contributed by atoms with Crippen LogP contribution < -0.4 is 0 Å². The Bertz CT molecular complexity index is 784. The molecule has 0 bridgehead atoms. The van der Waals surface area contributed by atoms with E-state index < -0.39 is 11.2 Å². The molecule has 1 unspecified atom stereocenters. The summed E-state index contributed by atoms with van der Waals surface area (Å²) in [7, 11) is 0. The smallest absolute Gasteiger partial charge is 0.229 e. The summed E-state index contributed by atoms with van der Waals surface area (Å²) in [5, 5.41) is 4.63. The van der Waals surface area contributed by atoms with Crippen molar-refractivity contribution in [3.05, 3.63) is 53.0 Å². The number of aromatic amines is 1. The fourth-order valence-corrected chi connectivity index (χ4v) is 2.99. The van der Waals surface area contributed by atoms with Gasteiger partial charge in [-0.25, -0.2) is 0 Å². The highest BCUT2D eigenvalue weighted by molar-refractivity contribution is 6.64. The molecule has 0 saturated carbocycles. The van der Waals surface area contributed by atoms with E-state index in [1.54, 1.807) is 6.92 Å². The summed E-state index contributed by atoms with van der Waals surface area (Å²) in [5.41, 5.74) is 3.61. The number of hydrogen-bond donors (Lipinski definition) is 1. The van der Waals surface area contributed by atoms with Gasteiger partial charge in [0.15, 0.2) is 0 Å². The Balaban J connectivity index is 2.02. The molecule has 0 saturated heterocycles. The van der Waals surface area contributed by atoms with Crippen molar-refractivity contribution in [2.75, 3.05) is 0 Å². The van der Waals surface area contributed by atoms with E-state index in [9.17, 15) is 4.79 Å². The molecule has 1 aromatic carbocycles. The van der Waals surface area contributed by atoms with Crippen LogP contribution in [0.5, 0.6) is 0 Å². The first kappa shape index (κ1) is 13.9. The van der Waals surface area contributed by atoms with Gasteiger partial charge in [-0.1, -0.05) is 23.4 Å². The summed E-state index contributed by atoms with van der Waals surface area (Å²) < 4.78 is 5.16. The summed E-state index contributed by atoms with van der Waals surface area (Å²) in [6.07, 6.45) is 2.45. The second-order valence-corrected chi connectivity index (χ2v) is 5.53. The van der Waals surface area contributed by atoms with Gasteiger partial charge in [0, 0.05) is 22.7 Å². The molecule has 4 nitrogen and oxygen atoms in total. The highest BCUT2D eigenvalue weighted by Gasteiger charge is 2.27. The van der Waals surface area contributed by atoms with Gasteiger partial charge in [0.25, 0.3) is 0 Å². The lowest BCUT2D eigenvalue weighted by Crippen LogP contribution is -2.11. The molecular weight excluding hydrogens is 288 g/mol. The average Bonchev–Trinajstić information content (AvgIpc) is 3.01. The maximum absolute atomic E-state index is 11.9. The van der Waals surface area contributed by atoms with Gasteiger partial charge in [-0.15, -0.1) is 0 Å². The monoisotopic (exact) mass is 302 g/mol. The molecule has 1 atom stereocenters. The lowest BCUT2D eigenvalue weighted by atomic mass is 9.91. The van der Waals surface area contributed by atoms with E-state index in [0.717, 1.165) is 22.0 Å². The van der Waals surface area contributed by atoms with Crippen LogP contribution >= 0.6 is 11.6 Å². The Kier molecular flexibility index (Phi) is 3.55. The molecule has 1 N–H and O–H groups in total. The van der Waals surface area contributed by atoms with Crippen molar-refractivity contribution in [3.63, 3.8) is 0 Å².